The fourth-order valence-electron chi connectivity index (χ4n) is 4.19. The summed E-state index contributed by atoms with van der Waals surface area (Å²) in [7, 11) is 0. The molecule has 0 bridgehead atoms. The molecule has 33 heavy (non-hydrogen) atoms. The largest absolute Gasteiger partial charge is 0.427 e. The first-order valence-electron chi connectivity index (χ1n) is 11.2. The minimum absolute atomic E-state index is 0.103. The molecule has 9 heteroatoms. The Labute approximate surface area is 192 Å². The predicted molar refractivity (Wildman–Crippen MR) is 124 cm³/mol. The lowest BCUT2D eigenvalue weighted by Gasteiger charge is -2.37. The first-order valence-corrected chi connectivity index (χ1v) is 11.2. The van der Waals surface area contributed by atoms with E-state index in [1.54, 1.807) is 23.7 Å². The van der Waals surface area contributed by atoms with Crippen LogP contribution in [-0.2, 0) is 15.1 Å². The lowest BCUT2D eigenvalue weighted by atomic mass is 9.80. The van der Waals surface area contributed by atoms with Crippen LogP contribution < -0.4 is 15.4 Å². The molecule has 1 aliphatic carbocycles. The van der Waals surface area contributed by atoms with Gasteiger partial charge in [-0.15, -0.1) is 5.10 Å². The quantitative estimate of drug-likeness (QED) is 0.411. The third kappa shape index (κ3) is 5.19. The van der Waals surface area contributed by atoms with Crippen LogP contribution in [0.4, 0.5) is 11.4 Å². The highest BCUT2D eigenvalue weighted by molar-refractivity contribution is 5.88. The van der Waals surface area contributed by atoms with Gasteiger partial charge in [0.1, 0.15) is 5.75 Å². The second kappa shape index (κ2) is 9.81. The van der Waals surface area contributed by atoms with Gasteiger partial charge >= 0.3 is 5.97 Å². The Morgan fingerprint density at radius 3 is 2.30 bits per heavy atom. The summed E-state index contributed by atoms with van der Waals surface area (Å²) >= 11 is 0. The molecule has 1 amide bonds. The Morgan fingerprint density at radius 2 is 1.67 bits per heavy atom. The van der Waals surface area contributed by atoms with Crippen molar-refractivity contribution in [2.24, 2.45) is 0 Å². The molecular weight excluding hydrogens is 420 g/mol. The highest BCUT2D eigenvalue weighted by Crippen LogP contribution is 2.39. The molecule has 1 aromatic heterocycles. The van der Waals surface area contributed by atoms with Gasteiger partial charge in [-0.3, -0.25) is 9.59 Å². The van der Waals surface area contributed by atoms with E-state index in [-0.39, 0.29) is 11.9 Å². The lowest BCUT2D eigenvalue weighted by molar-refractivity contribution is -0.134. The second-order valence-corrected chi connectivity index (χ2v) is 8.26. The van der Waals surface area contributed by atoms with Crippen LogP contribution in [0, 0.1) is 0 Å². The van der Waals surface area contributed by atoms with E-state index in [0.29, 0.717) is 12.2 Å². The van der Waals surface area contributed by atoms with Gasteiger partial charge in [0.25, 0.3) is 0 Å². The van der Waals surface area contributed by atoms with Gasteiger partial charge < -0.3 is 15.4 Å². The van der Waals surface area contributed by atoms with Crippen molar-refractivity contribution in [2.45, 2.75) is 57.9 Å². The van der Waals surface area contributed by atoms with Crippen LogP contribution in [0.15, 0.2) is 48.5 Å². The highest BCUT2D eigenvalue weighted by Gasteiger charge is 2.39. The molecule has 172 valence electrons. The molecule has 1 saturated carbocycles. The lowest BCUT2D eigenvalue weighted by Crippen LogP contribution is -2.40. The van der Waals surface area contributed by atoms with Crippen molar-refractivity contribution in [1.82, 2.24) is 20.2 Å². The van der Waals surface area contributed by atoms with E-state index in [1.165, 1.54) is 13.3 Å². The number of amides is 1. The molecule has 1 heterocycles. The van der Waals surface area contributed by atoms with Gasteiger partial charge in [0, 0.05) is 24.7 Å². The zero-order chi connectivity index (χ0) is 23.3. The summed E-state index contributed by atoms with van der Waals surface area (Å²) in [6, 6.07) is 14.8. The van der Waals surface area contributed by atoms with Crippen LogP contribution in [-0.4, -0.2) is 32.1 Å². The fraction of sp³-hybridized carbons (Fsp3) is 0.375. The standard InChI is InChI=1S/C24H28N6O3/c1-3-22(32)33-21-13-11-20(12-14-21)30-23(27-28-29-30)24(15-5-4-6-16-24)26-19-9-7-18(8-10-19)25-17(2)31/h7-14,26H,3-6,15-16H2,1-2H3,(H,25,31). The molecule has 0 atom stereocenters. The smallest absolute Gasteiger partial charge is 0.310 e. The number of hydrogen-bond donors (Lipinski definition) is 2. The summed E-state index contributed by atoms with van der Waals surface area (Å²) in [6.45, 7) is 3.25. The summed E-state index contributed by atoms with van der Waals surface area (Å²) in [5.74, 6) is 0.853. The molecule has 0 unspecified atom stereocenters. The number of carbonyl (C=O) groups is 2. The average molecular weight is 449 g/mol. The minimum Gasteiger partial charge on any atom is -0.427 e. The van der Waals surface area contributed by atoms with Crippen molar-refractivity contribution < 1.29 is 14.3 Å². The van der Waals surface area contributed by atoms with Gasteiger partial charge in [0.05, 0.1) is 11.2 Å². The van der Waals surface area contributed by atoms with E-state index in [1.807, 2.05) is 36.4 Å². The number of tetrazole rings is 1. The Balaban J connectivity index is 1.62. The number of anilines is 2. The number of hydrogen-bond acceptors (Lipinski definition) is 7. The molecule has 3 aromatic rings. The molecule has 1 aliphatic rings. The maximum absolute atomic E-state index is 11.6. The summed E-state index contributed by atoms with van der Waals surface area (Å²) in [5.41, 5.74) is 2.05. The van der Waals surface area contributed by atoms with Gasteiger partial charge in [-0.05, 0) is 71.8 Å². The summed E-state index contributed by atoms with van der Waals surface area (Å²) in [4.78, 5) is 22.9. The number of benzene rings is 2. The molecular formula is C24H28N6O3. The van der Waals surface area contributed by atoms with E-state index in [4.69, 9.17) is 4.74 Å². The number of aromatic nitrogens is 4. The molecule has 2 aromatic carbocycles. The molecule has 0 aliphatic heterocycles. The number of carbonyl (C=O) groups excluding carboxylic acids is 2. The Hall–Kier alpha value is -3.75. The number of esters is 1. The van der Waals surface area contributed by atoms with Gasteiger partial charge in [0.15, 0.2) is 5.82 Å². The molecule has 2 N–H and O–H groups in total. The first-order chi connectivity index (χ1) is 16.0. The predicted octanol–water partition coefficient (Wildman–Crippen LogP) is 4.21. The molecule has 9 nitrogen and oxygen atoms in total. The third-order valence-corrected chi connectivity index (χ3v) is 5.80. The van der Waals surface area contributed by atoms with Crippen LogP contribution in [0.2, 0.25) is 0 Å². The molecule has 1 fully saturated rings. The highest BCUT2D eigenvalue weighted by atomic mass is 16.5. The maximum Gasteiger partial charge on any atom is 0.310 e. The Morgan fingerprint density at radius 1 is 1.00 bits per heavy atom. The van der Waals surface area contributed by atoms with Crippen molar-refractivity contribution in [1.29, 1.82) is 0 Å². The van der Waals surface area contributed by atoms with E-state index in [2.05, 4.69) is 26.2 Å². The zero-order valence-corrected chi connectivity index (χ0v) is 18.9. The SMILES string of the molecule is CCC(=O)Oc1ccc(-n2nnnc2C2(Nc3ccc(NC(C)=O)cc3)CCCCC2)cc1. The number of nitrogens with zero attached hydrogens (tertiary/aromatic N) is 4. The maximum atomic E-state index is 11.6. The second-order valence-electron chi connectivity index (χ2n) is 8.26. The zero-order valence-electron chi connectivity index (χ0n) is 18.9. The van der Waals surface area contributed by atoms with E-state index in [0.717, 1.165) is 48.6 Å². The van der Waals surface area contributed by atoms with Gasteiger partial charge in [-0.1, -0.05) is 26.2 Å². The van der Waals surface area contributed by atoms with Crippen LogP contribution in [0.1, 0.15) is 58.2 Å². The van der Waals surface area contributed by atoms with E-state index >= 15 is 0 Å². The molecule has 4 rings (SSSR count). The molecule has 0 saturated heterocycles. The van der Waals surface area contributed by atoms with E-state index < -0.39 is 5.54 Å². The number of rotatable bonds is 7. The monoisotopic (exact) mass is 448 g/mol. The van der Waals surface area contributed by atoms with Crippen LogP contribution >= 0.6 is 0 Å². The van der Waals surface area contributed by atoms with Gasteiger partial charge in [0.2, 0.25) is 5.91 Å². The molecule has 0 spiro atoms. The normalized spacial score (nSPS) is 15.0. The number of ether oxygens (including phenoxy) is 1. The van der Waals surface area contributed by atoms with Crippen LogP contribution in [0.3, 0.4) is 0 Å². The van der Waals surface area contributed by atoms with Crippen LogP contribution in [0.5, 0.6) is 5.75 Å². The van der Waals surface area contributed by atoms with Crippen molar-refractivity contribution in [3.63, 3.8) is 0 Å². The Kier molecular flexibility index (Phi) is 6.67. The summed E-state index contributed by atoms with van der Waals surface area (Å²) < 4.78 is 7.02. The Bertz CT molecular complexity index is 1100. The summed E-state index contributed by atoms with van der Waals surface area (Å²) in [6.07, 6.45) is 5.41. The molecule has 0 radical (unpaired) electrons. The van der Waals surface area contributed by atoms with Gasteiger partial charge in [-0.25, -0.2) is 0 Å². The first kappa shape index (κ1) is 22.4. The topological polar surface area (TPSA) is 111 Å². The van der Waals surface area contributed by atoms with E-state index in [9.17, 15) is 9.59 Å². The number of nitrogens with one attached hydrogen (secondary N) is 2. The van der Waals surface area contributed by atoms with Crippen molar-refractivity contribution in [3.05, 3.63) is 54.4 Å². The minimum atomic E-state index is -0.426. The van der Waals surface area contributed by atoms with Crippen LogP contribution in [0.25, 0.3) is 5.69 Å². The summed E-state index contributed by atoms with van der Waals surface area (Å²) in [5, 5.41) is 19.1. The van der Waals surface area contributed by atoms with Gasteiger partial charge in [-0.2, -0.15) is 4.68 Å². The average Bonchev–Trinajstić information content (AvgIpc) is 3.32. The van der Waals surface area contributed by atoms with Crippen molar-refractivity contribution >= 4 is 23.3 Å². The third-order valence-electron chi connectivity index (χ3n) is 5.80. The van der Waals surface area contributed by atoms with Crippen molar-refractivity contribution in [3.8, 4) is 11.4 Å². The fourth-order valence-corrected chi connectivity index (χ4v) is 4.19. The van der Waals surface area contributed by atoms with Crippen molar-refractivity contribution in [2.75, 3.05) is 10.6 Å².